The molecule has 0 atom stereocenters. The van der Waals surface area contributed by atoms with Gasteiger partial charge in [-0.2, -0.15) is 0 Å². The largest absolute Gasteiger partial charge is 0.366 e. The summed E-state index contributed by atoms with van der Waals surface area (Å²) in [5.74, 6) is -0.450. The molecule has 1 amide bonds. The molecular weight excluding hydrogens is 486 g/mol. The molecule has 194 valence electrons. The van der Waals surface area contributed by atoms with Crippen LogP contribution in [-0.2, 0) is 12.8 Å². The molecule has 0 unspecified atom stereocenters. The third kappa shape index (κ3) is 5.65. The first kappa shape index (κ1) is 25.7. The lowest BCUT2D eigenvalue weighted by molar-refractivity contribution is 0.0998. The van der Waals surface area contributed by atoms with Gasteiger partial charge in [-0.3, -0.25) is 14.4 Å². The Morgan fingerprint density at radius 3 is 1.51 bits per heavy atom. The monoisotopic (exact) mass is 515 g/mol. The van der Waals surface area contributed by atoms with E-state index in [1.54, 1.807) is 24.5 Å². The first-order chi connectivity index (χ1) is 18.8. The Labute approximate surface area is 226 Å². The van der Waals surface area contributed by atoms with E-state index in [9.17, 15) is 14.4 Å². The second kappa shape index (κ2) is 10.8. The highest BCUT2D eigenvalue weighted by Crippen LogP contribution is 2.28. The minimum Gasteiger partial charge on any atom is -0.366 e. The summed E-state index contributed by atoms with van der Waals surface area (Å²) in [6, 6.07) is 25.1. The molecule has 5 aromatic rings. The summed E-state index contributed by atoms with van der Waals surface area (Å²) >= 11 is 0. The van der Waals surface area contributed by atoms with Crippen LogP contribution in [0.2, 0.25) is 0 Å². The molecule has 0 saturated heterocycles. The number of primary amides is 1. The average molecular weight is 516 g/mol. The Morgan fingerprint density at radius 1 is 0.667 bits per heavy atom. The van der Waals surface area contributed by atoms with Crippen molar-refractivity contribution in [3.05, 3.63) is 151 Å². The summed E-state index contributed by atoms with van der Waals surface area (Å²) in [6.45, 7) is 4.03. The fourth-order valence-corrected chi connectivity index (χ4v) is 5.25. The number of carbonyl (C=O) groups is 1. The highest BCUT2D eigenvalue weighted by atomic mass is 16.1. The van der Waals surface area contributed by atoms with Gasteiger partial charge in [0.1, 0.15) is 0 Å². The minimum absolute atomic E-state index is 0.140. The Bertz CT molecular complexity index is 1690. The van der Waals surface area contributed by atoms with Gasteiger partial charge in [-0.25, -0.2) is 0 Å². The van der Waals surface area contributed by atoms with E-state index in [1.165, 1.54) is 0 Å². The van der Waals surface area contributed by atoms with Gasteiger partial charge in [0.15, 0.2) is 0 Å². The summed E-state index contributed by atoms with van der Waals surface area (Å²) < 4.78 is 0. The molecule has 6 nitrogen and oxygen atoms in total. The molecule has 0 spiro atoms. The van der Waals surface area contributed by atoms with Gasteiger partial charge < -0.3 is 15.7 Å². The number of aromatic nitrogens is 2. The standard InChI is InChI=1S/C33H29N3O3/c1-20-14-22(6-8-28(20)24-10-12-35-30(37)18-24)16-26-4-3-5-27(32(26)33(34)39)17-23-7-9-29(21(2)15-23)25-11-13-36-31(38)19-25/h3-15,18-19H,16-17H2,1-2H3,(H2,34,39)(H,35,37)(H,36,38). The van der Waals surface area contributed by atoms with Crippen molar-refractivity contribution in [3.8, 4) is 22.3 Å². The van der Waals surface area contributed by atoms with Gasteiger partial charge in [0.05, 0.1) is 0 Å². The van der Waals surface area contributed by atoms with E-state index in [2.05, 4.69) is 22.1 Å². The maximum absolute atomic E-state index is 12.7. The second-order valence-corrected chi connectivity index (χ2v) is 9.85. The van der Waals surface area contributed by atoms with Crippen molar-refractivity contribution in [1.29, 1.82) is 0 Å². The lowest BCUT2D eigenvalue weighted by Crippen LogP contribution is -2.17. The third-order valence-electron chi connectivity index (χ3n) is 7.03. The number of aryl methyl sites for hydroxylation is 2. The summed E-state index contributed by atoms with van der Waals surface area (Å²) in [5, 5.41) is 0. The average Bonchev–Trinajstić information content (AvgIpc) is 2.89. The zero-order valence-electron chi connectivity index (χ0n) is 21.9. The number of amides is 1. The minimum atomic E-state index is -0.450. The van der Waals surface area contributed by atoms with Crippen LogP contribution in [0, 0.1) is 13.8 Å². The normalized spacial score (nSPS) is 10.9. The van der Waals surface area contributed by atoms with Gasteiger partial charge in [0.25, 0.3) is 0 Å². The molecule has 2 heterocycles. The maximum atomic E-state index is 12.7. The van der Waals surface area contributed by atoms with Crippen molar-refractivity contribution >= 4 is 5.91 Å². The Balaban J connectivity index is 1.43. The maximum Gasteiger partial charge on any atom is 0.249 e. The molecular formula is C33H29N3O3. The molecule has 39 heavy (non-hydrogen) atoms. The summed E-state index contributed by atoms with van der Waals surface area (Å²) in [4.78, 5) is 41.4. The molecule has 3 aromatic carbocycles. The number of H-pyrrole nitrogens is 2. The number of carbonyl (C=O) groups excluding carboxylic acids is 1. The SMILES string of the molecule is Cc1cc(Cc2cccc(Cc3ccc(-c4cc[nH]c(=O)c4)c(C)c3)c2C(N)=O)ccc1-c1cc[nH]c(=O)c1. The Kier molecular flexibility index (Phi) is 7.10. The highest BCUT2D eigenvalue weighted by molar-refractivity contribution is 5.96. The van der Waals surface area contributed by atoms with Crippen LogP contribution in [0.4, 0.5) is 0 Å². The molecule has 0 aliphatic carbocycles. The number of hydrogen-bond donors (Lipinski definition) is 3. The number of hydrogen-bond acceptors (Lipinski definition) is 3. The molecule has 4 N–H and O–H groups in total. The van der Waals surface area contributed by atoms with Gasteiger partial charge in [-0.1, -0.05) is 54.6 Å². The van der Waals surface area contributed by atoms with E-state index in [4.69, 9.17) is 5.73 Å². The quantitative estimate of drug-likeness (QED) is 0.274. The number of nitrogens with two attached hydrogens (primary N) is 1. The van der Waals surface area contributed by atoms with Crippen LogP contribution >= 0.6 is 0 Å². The molecule has 0 aliphatic rings. The van der Waals surface area contributed by atoms with Crippen molar-refractivity contribution in [3.63, 3.8) is 0 Å². The highest BCUT2D eigenvalue weighted by Gasteiger charge is 2.16. The van der Waals surface area contributed by atoms with E-state index in [-0.39, 0.29) is 11.1 Å². The number of aromatic amines is 2. The fourth-order valence-electron chi connectivity index (χ4n) is 5.25. The van der Waals surface area contributed by atoms with Crippen LogP contribution in [0.15, 0.2) is 101 Å². The molecule has 0 radical (unpaired) electrons. The van der Waals surface area contributed by atoms with Crippen LogP contribution in [0.1, 0.15) is 43.7 Å². The van der Waals surface area contributed by atoms with Crippen LogP contribution < -0.4 is 16.9 Å². The predicted octanol–water partition coefficient (Wildman–Crippen LogP) is 5.29. The number of rotatable bonds is 7. The van der Waals surface area contributed by atoms with E-state index < -0.39 is 5.91 Å². The smallest absolute Gasteiger partial charge is 0.249 e. The molecule has 0 fully saturated rings. The van der Waals surface area contributed by atoms with Crippen LogP contribution in [-0.4, -0.2) is 15.9 Å². The summed E-state index contributed by atoms with van der Waals surface area (Å²) in [6.07, 6.45) is 4.41. The molecule has 2 aromatic heterocycles. The Hall–Kier alpha value is -4.97. The van der Waals surface area contributed by atoms with Gasteiger partial charge >= 0.3 is 0 Å². The van der Waals surface area contributed by atoms with Crippen molar-refractivity contribution in [2.75, 3.05) is 0 Å². The van der Waals surface area contributed by atoms with Gasteiger partial charge in [0.2, 0.25) is 17.0 Å². The second-order valence-electron chi connectivity index (χ2n) is 9.85. The van der Waals surface area contributed by atoms with E-state index in [1.807, 2.05) is 68.4 Å². The first-order valence-corrected chi connectivity index (χ1v) is 12.8. The van der Waals surface area contributed by atoms with E-state index >= 15 is 0 Å². The van der Waals surface area contributed by atoms with Crippen LogP contribution in [0.5, 0.6) is 0 Å². The van der Waals surface area contributed by atoms with Crippen LogP contribution in [0.3, 0.4) is 0 Å². The van der Waals surface area contributed by atoms with Gasteiger partial charge in [-0.15, -0.1) is 0 Å². The van der Waals surface area contributed by atoms with Gasteiger partial charge in [-0.05, 0) is 94.5 Å². The zero-order chi connectivity index (χ0) is 27.5. The fraction of sp³-hybridized carbons (Fsp3) is 0.121. The van der Waals surface area contributed by atoms with Crippen molar-refractivity contribution in [2.24, 2.45) is 5.73 Å². The molecule has 0 bridgehead atoms. The van der Waals surface area contributed by atoms with E-state index in [0.717, 1.165) is 55.6 Å². The first-order valence-electron chi connectivity index (χ1n) is 12.8. The molecule has 6 heteroatoms. The van der Waals surface area contributed by atoms with Crippen molar-refractivity contribution in [1.82, 2.24) is 9.97 Å². The Morgan fingerprint density at radius 2 is 1.13 bits per heavy atom. The zero-order valence-corrected chi connectivity index (χ0v) is 21.9. The molecule has 0 aliphatic heterocycles. The lowest BCUT2D eigenvalue weighted by atomic mass is 9.90. The molecule has 0 saturated carbocycles. The van der Waals surface area contributed by atoms with Gasteiger partial charge in [0, 0.05) is 30.1 Å². The van der Waals surface area contributed by atoms with E-state index in [0.29, 0.717) is 18.4 Å². The van der Waals surface area contributed by atoms with Crippen molar-refractivity contribution in [2.45, 2.75) is 26.7 Å². The number of nitrogens with one attached hydrogen (secondary N) is 2. The summed E-state index contributed by atoms with van der Waals surface area (Å²) in [7, 11) is 0. The number of benzene rings is 3. The topological polar surface area (TPSA) is 109 Å². The lowest BCUT2D eigenvalue weighted by Gasteiger charge is -2.15. The predicted molar refractivity (Wildman–Crippen MR) is 155 cm³/mol. The van der Waals surface area contributed by atoms with Crippen molar-refractivity contribution < 1.29 is 4.79 Å². The number of pyridine rings is 2. The summed E-state index contributed by atoms with van der Waals surface area (Å²) in [5.41, 5.74) is 15.8. The van der Waals surface area contributed by atoms with Crippen LogP contribution in [0.25, 0.3) is 22.3 Å². The third-order valence-corrected chi connectivity index (χ3v) is 7.03. The molecule has 5 rings (SSSR count).